The third kappa shape index (κ3) is 12.0. The number of rotatable bonds is 0. The van der Waals surface area contributed by atoms with E-state index in [1.807, 2.05) is 47.0 Å². The zero-order valence-corrected chi connectivity index (χ0v) is 46.3. The van der Waals surface area contributed by atoms with Gasteiger partial charge in [-0.05, 0) is 194 Å². The van der Waals surface area contributed by atoms with Crippen LogP contribution in [0.4, 0.5) is 0 Å². The fraction of sp³-hybridized carbons (Fsp3) is 0.571. The van der Waals surface area contributed by atoms with Crippen molar-refractivity contribution in [1.82, 2.24) is 0 Å². The molecule has 3 heterocycles. The predicted octanol–water partition coefficient (Wildman–Crippen LogP) is 13.0. The van der Waals surface area contributed by atoms with Crippen LogP contribution < -0.4 is 18.9 Å². The van der Waals surface area contributed by atoms with Gasteiger partial charge in [0.25, 0.3) is 0 Å². The van der Waals surface area contributed by atoms with E-state index in [-0.39, 0.29) is 0 Å². The highest BCUT2D eigenvalue weighted by molar-refractivity contribution is 7.98. The summed E-state index contributed by atoms with van der Waals surface area (Å²) in [6.45, 7) is 33.3. The van der Waals surface area contributed by atoms with Gasteiger partial charge in [0, 0.05) is 46.0 Å². The maximum absolute atomic E-state index is 6.68. The Bertz CT molecular complexity index is 2100. The minimum atomic E-state index is 0.486. The van der Waals surface area contributed by atoms with Gasteiger partial charge in [-0.3, -0.25) is 0 Å². The second kappa shape index (κ2) is 25.1. The first-order valence-corrected chi connectivity index (χ1v) is 29.0. The monoisotopic (exact) mass is 1000 g/mol. The molecule has 0 radical (unpaired) electrons. The molecule has 0 unspecified atom stereocenters. The third-order valence-corrected chi connectivity index (χ3v) is 18.5. The topological polar surface area (TPSA) is 73.8 Å². The van der Waals surface area contributed by atoms with E-state index in [4.69, 9.17) is 37.9 Å². The lowest BCUT2D eigenvalue weighted by molar-refractivity contribution is 0.0271. The Labute approximate surface area is 425 Å². The van der Waals surface area contributed by atoms with Gasteiger partial charge in [0.05, 0.1) is 52.9 Å². The zero-order chi connectivity index (χ0) is 48.5. The van der Waals surface area contributed by atoms with E-state index in [0.29, 0.717) is 79.3 Å². The van der Waals surface area contributed by atoms with Crippen molar-refractivity contribution < 1.29 is 37.9 Å². The van der Waals surface area contributed by atoms with E-state index in [1.165, 1.54) is 111 Å². The molecular weight excluding hydrogens is 929 g/mol. The molecule has 0 amide bonds. The van der Waals surface area contributed by atoms with Crippen molar-refractivity contribution in [3.8, 4) is 23.0 Å². The summed E-state index contributed by atoms with van der Waals surface area (Å²) in [6.07, 6.45) is 0. The highest BCUT2D eigenvalue weighted by Gasteiger charge is 2.25. The van der Waals surface area contributed by atoms with Crippen LogP contribution in [0.1, 0.15) is 111 Å². The number of thioether (sulfide) groups is 4. The summed E-state index contributed by atoms with van der Waals surface area (Å²) in [5.74, 6) is 11.0. The van der Waals surface area contributed by atoms with Crippen LogP contribution in [0.5, 0.6) is 23.0 Å². The lowest BCUT2D eigenvalue weighted by Crippen LogP contribution is -2.15. The minimum Gasteiger partial charge on any atom is -0.491 e. The second-order valence-corrected chi connectivity index (χ2v) is 22.4. The molecule has 0 saturated carbocycles. The van der Waals surface area contributed by atoms with Gasteiger partial charge in [-0.25, -0.2) is 0 Å². The molecule has 372 valence electrons. The highest BCUT2D eigenvalue weighted by atomic mass is 32.2. The smallest absolute Gasteiger partial charge is 0.125 e. The first-order valence-electron chi connectivity index (χ1n) is 24.4. The van der Waals surface area contributed by atoms with E-state index in [9.17, 15) is 0 Å². The maximum atomic E-state index is 6.68. The molecule has 68 heavy (non-hydrogen) atoms. The van der Waals surface area contributed by atoms with Crippen LogP contribution in [0, 0.1) is 83.1 Å². The summed E-state index contributed by atoms with van der Waals surface area (Å²) in [4.78, 5) is 0. The Morgan fingerprint density at radius 1 is 0.206 bits per heavy atom. The highest BCUT2D eigenvalue weighted by Crippen LogP contribution is 2.44. The van der Waals surface area contributed by atoms with E-state index in [0.717, 1.165) is 69.0 Å². The molecule has 0 N–H and O–H groups in total. The predicted molar refractivity (Wildman–Crippen MR) is 288 cm³/mol. The Kier molecular flexibility index (Phi) is 19.6. The third-order valence-electron chi connectivity index (χ3n) is 14.6. The fourth-order valence-corrected chi connectivity index (χ4v) is 15.8. The molecule has 7 rings (SSSR count). The van der Waals surface area contributed by atoms with E-state index in [1.54, 1.807) is 0 Å². The number of fused-ring (bicyclic) bond motifs is 12. The van der Waals surface area contributed by atoms with Gasteiger partial charge in [-0.15, -0.1) is 0 Å². The first kappa shape index (κ1) is 53.1. The average molecular weight is 1010 g/mol. The van der Waals surface area contributed by atoms with Crippen LogP contribution >= 0.6 is 47.0 Å². The molecule has 3 aliphatic heterocycles. The largest absolute Gasteiger partial charge is 0.491 e. The van der Waals surface area contributed by atoms with Gasteiger partial charge in [0.15, 0.2) is 0 Å². The van der Waals surface area contributed by atoms with Crippen molar-refractivity contribution in [3.05, 3.63) is 111 Å². The van der Waals surface area contributed by atoms with E-state index < -0.39 is 0 Å². The molecule has 0 saturated heterocycles. The van der Waals surface area contributed by atoms with Gasteiger partial charge in [-0.2, -0.15) is 47.0 Å². The van der Waals surface area contributed by atoms with E-state index >= 15 is 0 Å². The Balaban J connectivity index is 1.37. The van der Waals surface area contributed by atoms with Gasteiger partial charge in [0.2, 0.25) is 0 Å². The molecule has 0 fully saturated rings. The standard InChI is InChI=1S/C56H76O8S4/c1-33-45-25-65-26-46-34(2)51-31-68-32-52-36(4)48-28-66-27-47-35(3)50(42(10)55(39(47)7)63-23-19-59-15-16-60-20-24-64-56(40(48)8)44(52)12)30-67-29-49(33)41(9)53(37(45)5)61-21-17-57-13-14-58-18-22-62-54(38(46)6)43(51)11/h13-32H2,1-12H3. The van der Waals surface area contributed by atoms with Crippen molar-refractivity contribution in [2.45, 2.75) is 129 Å². The van der Waals surface area contributed by atoms with Crippen LogP contribution in [0.2, 0.25) is 0 Å². The molecule has 0 spiro atoms. The summed E-state index contributed by atoms with van der Waals surface area (Å²) in [5.41, 5.74) is 26.3. The summed E-state index contributed by atoms with van der Waals surface area (Å²) in [7, 11) is 0. The SMILES string of the molecule is Cc1c2c(C)c3c(C)c1CSCc1c(C)c4c(C)c(c1C)OCCOCCOCCOc1c(C)c(c(C)c(c1C)CSCc1c(C)c(c(C)c(c1C)OCCOCCOCCO3)CSC2)CSC4. The van der Waals surface area contributed by atoms with Crippen molar-refractivity contribution >= 4 is 47.0 Å². The molecule has 8 nitrogen and oxygen atoms in total. The molecule has 3 aliphatic rings. The molecule has 4 aromatic carbocycles. The van der Waals surface area contributed by atoms with Crippen LogP contribution in [0.3, 0.4) is 0 Å². The molecule has 4 aromatic rings. The first-order chi connectivity index (χ1) is 32.8. The van der Waals surface area contributed by atoms with Crippen LogP contribution in [0.25, 0.3) is 0 Å². The lowest BCUT2D eigenvalue weighted by Gasteiger charge is -2.25. The van der Waals surface area contributed by atoms with Gasteiger partial charge < -0.3 is 37.9 Å². The summed E-state index contributed by atoms with van der Waals surface area (Å²) >= 11 is 7.97. The number of hydrogen-bond acceptors (Lipinski definition) is 12. The normalized spacial score (nSPS) is 17.7. The molecule has 0 atom stereocenters. The maximum Gasteiger partial charge on any atom is 0.125 e. The zero-order valence-electron chi connectivity index (χ0n) is 43.0. The second-order valence-electron chi connectivity index (χ2n) is 18.5. The Morgan fingerprint density at radius 3 is 0.515 bits per heavy atom. The Morgan fingerprint density at radius 2 is 0.353 bits per heavy atom. The fourth-order valence-electron chi connectivity index (χ4n) is 10.3. The number of ether oxygens (including phenoxy) is 8. The minimum absolute atomic E-state index is 0.486. The molecular formula is C56H76O8S4. The summed E-state index contributed by atoms with van der Waals surface area (Å²) in [5, 5.41) is 0. The average Bonchev–Trinajstić information content (AvgIpc) is 3.31. The van der Waals surface area contributed by atoms with Crippen LogP contribution in [-0.4, -0.2) is 79.3 Å². The van der Waals surface area contributed by atoms with Crippen molar-refractivity contribution in [1.29, 1.82) is 0 Å². The molecule has 0 aliphatic carbocycles. The van der Waals surface area contributed by atoms with Crippen molar-refractivity contribution in [3.63, 3.8) is 0 Å². The number of benzene rings is 4. The van der Waals surface area contributed by atoms with E-state index in [2.05, 4.69) is 83.1 Å². The van der Waals surface area contributed by atoms with Gasteiger partial charge >= 0.3 is 0 Å². The summed E-state index contributed by atoms with van der Waals surface area (Å²) in [6, 6.07) is 0. The quantitative estimate of drug-likeness (QED) is 0.168. The van der Waals surface area contributed by atoms with Crippen molar-refractivity contribution in [2.75, 3.05) is 79.3 Å². The van der Waals surface area contributed by atoms with Gasteiger partial charge in [-0.1, -0.05) is 0 Å². The molecule has 12 heteroatoms. The van der Waals surface area contributed by atoms with Crippen LogP contribution in [0.15, 0.2) is 0 Å². The van der Waals surface area contributed by atoms with Gasteiger partial charge in [0.1, 0.15) is 49.4 Å². The summed E-state index contributed by atoms with van der Waals surface area (Å²) < 4.78 is 50.8. The molecule has 0 aromatic heterocycles. The van der Waals surface area contributed by atoms with Crippen LogP contribution in [-0.2, 0) is 65.0 Å². The van der Waals surface area contributed by atoms with Crippen molar-refractivity contribution in [2.24, 2.45) is 0 Å². The molecule has 12 bridgehead atoms. The Hall–Kier alpha value is -2.68. The lowest BCUT2D eigenvalue weighted by atomic mass is 9.93. The number of hydrogen-bond donors (Lipinski definition) is 0.